The van der Waals surface area contributed by atoms with Crippen molar-refractivity contribution in [3.8, 4) is 5.75 Å². The Hall–Kier alpha value is -4.78. The number of nitrogens with one attached hydrogen (secondary N) is 2. The predicted octanol–water partition coefficient (Wildman–Crippen LogP) is 3.49. The molecular weight excluding hydrogens is 466 g/mol. The van der Waals surface area contributed by atoms with Crippen molar-refractivity contribution < 1.29 is 28.3 Å². The van der Waals surface area contributed by atoms with E-state index < -0.39 is 32.4 Å². The normalized spacial score (nSPS) is 11.2. The van der Waals surface area contributed by atoms with Gasteiger partial charge in [0.05, 0.1) is 20.9 Å². The van der Waals surface area contributed by atoms with Gasteiger partial charge in [0.25, 0.3) is 15.7 Å². The number of nitrogens with zero attached hydrogens (tertiary/aromatic N) is 3. The zero-order valence-electron chi connectivity index (χ0n) is 17.0. The number of aromatic nitrogens is 2. The lowest BCUT2D eigenvalue weighted by Crippen LogP contribution is -2.16. The smallest absolute Gasteiger partial charge is 0.339 e. The van der Waals surface area contributed by atoms with Gasteiger partial charge >= 0.3 is 5.97 Å². The van der Waals surface area contributed by atoms with Gasteiger partial charge in [-0.1, -0.05) is 18.2 Å². The van der Waals surface area contributed by atoms with Crippen LogP contribution in [0, 0.1) is 10.1 Å². The van der Waals surface area contributed by atoms with Gasteiger partial charge in [-0.25, -0.2) is 23.2 Å². The van der Waals surface area contributed by atoms with Gasteiger partial charge in [-0.3, -0.25) is 14.8 Å². The van der Waals surface area contributed by atoms with Crippen LogP contribution < -0.4 is 10.0 Å². The van der Waals surface area contributed by atoms with Gasteiger partial charge in [0.2, 0.25) is 0 Å². The van der Waals surface area contributed by atoms with Crippen LogP contribution in [-0.2, 0) is 10.0 Å². The fraction of sp³-hybridized carbons (Fsp3) is 0. The van der Waals surface area contributed by atoms with Gasteiger partial charge in [0.1, 0.15) is 11.3 Å². The van der Waals surface area contributed by atoms with E-state index in [2.05, 4.69) is 20.0 Å². The van der Waals surface area contributed by atoms with E-state index in [0.717, 1.165) is 18.2 Å². The molecule has 0 unspecified atom stereocenters. The first-order valence-electron chi connectivity index (χ1n) is 9.51. The molecule has 1 heterocycles. The maximum Gasteiger partial charge on any atom is 0.339 e. The number of para-hydroxylation sites is 2. The molecule has 4 rings (SSSR count). The third-order valence-electron chi connectivity index (χ3n) is 4.63. The van der Waals surface area contributed by atoms with Crippen molar-refractivity contribution in [3.05, 3.63) is 82.4 Å². The number of nitro benzene ring substituents is 1. The molecule has 0 aliphatic carbocycles. The topological polar surface area (TPSA) is 185 Å². The fourth-order valence-corrected chi connectivity index (χ4v) is 4.08. The number of non-ortho nitro benzene ring substituents is 1. The van der Waals surface area contributed by atoms with Crippen molar-refractivity contribution in [1.82, 2.24) is 9.97 Å². The Kier molecular flexibility index (Phi) is 5.69. The first-order chi connectivity index (χ1) is 16.1. The summed E-state index contributed by atoms with van der Waals surface area (Å²) in [5.41, 5.74) is 0.285. The summed E-state index contributed by atoms with van der Waals surface area (Å²) in [5, 5.41) is 32.9. The van der Waals surface area contributed by atoms with Crippen molar-refractivity contribution in [1.29, 1.82) is 0 Å². The third-order valence-corrected chi connectivity index (χ3v) is 5.97. The second kappa shape index (κ2) is 8.63. The molecule has 0 bridgehead atoms. The van der Waals surface area contributed by atoms with Crippen molar-refractivity contribution in [2.45, 2.75) is 4.90 Å². The molecule has 0 fully saturated rings. The Balaban J connectivity index is 1.77. The lowest BCUT2D eigenvalue weighted by Gasteiger charge is -2.14. The molecule has 4 N–H and O–H groups in total. The van der Waals surface area contributed by atoms with Crippen LogP contribution >= 0.6 is 0 Å². The van der Waals surface area contributed by atoms with Crippen LogP contribution in [0.3, 0.4) is 0 Å². The molecule has 0 amide bonds. The Labute approximate surface area is 191 Å². The number of nitro groups is 1. The van der Waals surface area contributed by atoms with E-state index >= 15 is 0 Å². The first kappa shape index (κ1) is 22.4. The summed E-state index contributed by atoms with van der Waals surface area (Å²) in [7, 11) is -4.30. The SMILES string of the molecule is O=C(O)c1ccc(Nc2nc3ccccc3nc2NS(=O)(=O)c2cccc([N+](=O)[O-])c2)cc1O. The highest BCUT2D eigenvalue weighted by Crippen LogP contribution is 2.30. The van der Waals surface area contributed by atoms with Gasteiger partial charge in [-0.2, -0.15) is 0 Å². The molecule has 3 aromatic carbocycles. The average Bonchev–Trinajstić information content (AvgIpc) is 2.79. The zero-order valence-corrected chi connectivity index (χ0v) is 17.9. The van der Waals surface area contributed by atoms with Crippen molar-refractivity contribution >= 4 is 50.0 Å². The molecule has 172 valence electrons. The number of carboxylic acids is 1. The van der Waals surface area contributed by atoms with Crippen LogP contribution in [0.2, 0.25) is 0 Å². The average molecular weight is 481 g/mol. The van der Waals surface area contributed by atoms with E-state index in [1.807, 2.05) is 0 Å². The largest absolute Gasteiger partial charge is 0.507 e. The number of carbonyl (C=O) groups is 1. The van der Waals surface area contributed by atoms with Gasteiger partial charge in [0, 0.05) is 23.9 Å². The minimum atomic E-state index is -4.30. The molecule has 0 atom stereocenters. The number of hydrogen-bond acceptors (Lipinski definition) is 9. The second-order valence-electron chi connectivity index (χ2n) is 6.93. The Morgan fingerprint density at radius 1 is 0.941 bits per heavy atom. The number of aromatic carboxylic acids is 1. The summed E-state index contributed by atoms with van der Waals surface area (Å²) in [6, 6.07) is 14.8. The van der Waals surface area contributed by atoms with Crippen LogP contribution in [0.25, 0.3) is 11.0 Å². The number of hydrogen-bond donors (Lipinski definition) is 4. The van der Waals surface area contributed by atoms with E-state index in [0.29, 0.717) is 11.0 Å². The Morgan fingerprint density at radius 3 is 2.24 bits per heavy atom. The standard InChI is InChI=1S/C21H15N5O7S/c27-18-10-12(8-9-15(18)21(28)29)22-19-20(24-17-7-2-1-6-16(17)23-19)25-34(32,33)14-5-3-4-13(11-14)26(30)31/h1-11,27H,(H,22,23)(H,24,25)(H,28,29). The molecule has 0 saturated carbocycles. The monoisotopic (exact) mass is 481 g/mol. The van der Waals surface area contributed by atoms with Crippen LogP contribution in [0.1, 0.15) is 10.4 Å². The number of phenols is 1. The molecule has 0 radical (unpaired) electrons. The van der Waals surface area contributed by atoms with Crippen LogP contribution in [0.4, 0.5) is 23.0 Å². The lowest BCUT2D eigenvalue weighted by molar-refractivity contribution is -0.385. The fourth-order valence-electron chi connectivity index (χ4n) is 3.04. The van der Waals surface area contributed by atoms with Gasteiger partial charge < -0.3 is 15.5 Å². The number of anilines is 3. The molecule has 12 nitrogen and oxygen atoms in total. The van der Waals surface area contributed by atoms with E-state index in [-0.39, 0.29) is 27.8 Å². The summed E-state index contributed by atoms with van der Waals surface area (Å²) in [6.07, 6.45) is 0. The van der Waals surface area contributed by atoms with E-state index in [9.17, 15) is 28.4 Å². The molecule has 34 heavy (non-hydrogen) atoms. The highest BCUT2D eigenvalue weighted by molar-refractivity contribution is 7.92. The van der Waals surface area contributed by atoms with Crippen LogP contribution in [-0.4, -0.2) is 39.5 Å². The Bertz CT molecular complexity index is 1560. The molecule has 1 aromatic heterocycles. The Morgan fingerprint density at radius 2 is 1.62 bits per heavy atom. The van der Waals surface area contributed by atoms with Crippen molar-refractivity contribution in [3.63, 3.8) is 0 Å². The number of sulfonamides is 1. The number of carboxylic acid groups (broad SMARTS) is 1. The van der Waals surface area contributed by atoms with E-state index in [4.69, 9.17) is 5.11 Å². The van der Waals surface area contributed by atoms with Gasteiger partial charge in [-0.05, 0) is 30.3 Å². The lowest BCUT2D eigenvalue weighted by atomic mass is 10.2. The molecule has 13 heteroatoms. The number of benzene rings is 3. The number of aromatic hydroxyl groups is 1. The zero-order chi connectivity index (χ0) is 24.5. The van der Waals surface area contributed by atoms with Crippen LogP contribution in [0.5, 0.6) is 5.75 Å². The summed E-state index contributed by atoms with van der Waals surface area (Å²) < 4.78 is 28.2. The summed E-state index contributed by atoms with van der Waals surface area (Å²) in [6.45, 7) is 0. The van der Waals surface area contributed by atoms with Crippen LogP contribution in [0.15, 0.2) is 71.6 Å². The van der Waals surface area contributed by atoms with Crippen molar-refractivity contribution in [2.75, 3.05) is 10.0 Å². The minimum Gasteiger partial charge on any atom is -0.507 e. The minimum absolute atomic E-state index is 0.0461. The number of rotatable bonds is 7. The number of fused-ring (bicyclic) bond motifs is 1. The molecular formula is C21H15N5O7S. The van der Waals surface area contributed by atoms with E-state index in [1.165, 1.54) is 24.3 Å². The van der Waals surface area contributed by atoms with Crippen molar-refractivity contribution in [2.24, 2.45) is 0 Å². The molecule has 0 aliphatic heterocycles. The molecule has 0 spiro atoms. The highest BCUT2D eigenvalue weighted by Gasteiger charge is 2.21. The predicted molar refractivity (Wildman–Crippen MR) is 122 cm³/mol. The van der Waals surface area contributed by atoms with Gasteiger partial charge in [-0.15, -0.1) is 0 Å². The third kappa shape index (κ3) is 4.54. The molecule has 4 aromatic rings. The maximum atomic E-state index is 13.0. The van der Waals surface area contributed by atoms with Gasteiger partial charge in [0.15, 0.2) is 11.6 Å². The summed E-state index contributed by atoms with van der Waals surface area (Å²) in [4.78, 5) is 29.8. The molecule has 0 saturated heterocycles. The second-order valence-corrected chi connectivity index (χ2v) is 8.61. The maximum absolute atomic E-state index is 13.0. The quantitative estimate of drug-likeness (QED) is 0.225. The highest BCUT2D eigenvalue weighted by atomic mass is 32.2. The summed E-state index contributed by atoms with van der Waals surface area (Å²) in [5.74, 6) is -2.09. The molecule has 0 aliphatic rings. The van der Waals surface area contributed by atoms with E-state index in [1.54, 1.807) is 24.3 Å². The first-order valence-corrected chi connectivity index (χ1v) is 11.0. The summed E-state index contributed by atoms with van der Waals surface area (Å²) >= 11 is 0.